The highest BCUT2D eigenvalue weighted by Gasteiger charge is 2.32. The number of nitrogens with zero attached hydrogens (tertiary/aromatic N) is 1. The van der Waals surface area contributed by atoms with Crippen molar-refractivity contribution in [1.29, 1.82) is 0 Å². The second-order valence-corrected chi connectivity index (χ2v) is 7.95. The summed E-state index contributed by atoms with van der Waals surface area (Å²) < 4.78 is 6.25. The molecule has 1 aliphatic carbocycles. The van der Waals surface area contributed by atoms with Crippen LogP contribution in [0.2, 0.25) is 10.0 Å². The second-order valence-electron chi connectivity index (χ2n) is 6.06. The summed E-state index contributed by atoms with van der Waals surface area (Å²) in [6.45, 7) is 1.91. The van der Waals surface area contributed by atoms with Crippen LogP contribution in [0.5, 0.6) is 0 Å². The van der Waals surface area contributed by atoms with Crippen LogP contribution >= 0.6 is 47.4 Å². The number of benzene rings is 1. The Hall–Kier alpha value is 0.360. The molecule has 1 aliphatic heterocycles. The van der Waals surface area contributed by atoms with E-state index in [0.717, 1.165) is 22.0 Å². The molecule has 1 aromatic carbocycles. The number of hydrogen-bond acceptors (Lipinski definition) is 3. The summed E-state index contributed by atoms with van der Waals surface area (Å²) in [7, 11) is 0. The Bertz CT molecular complexity index is 476. The Morgan fingerprint density at radius 3 is 2.61 bits per heavy atom. The third-order valence-electron chi connectivity index (χ3n) is 4.66. The van der Waals surface area contributed by atoms with Crippen molar-refractivity contribution in [3.63, 3.8) is 0 Å². The van der Waals surface area contributed by atoms with Crippen molar-refractivity contribution in [3.8, 4) is 0 Å². The van der Waals surface area contributed by atoms with E-state index in [1.807, 2.05) is 30.0 Å². The third-order valence-corrected chi connectivity index (χ3v) is 6.36. The fourth-order valence-corrected chi connectivity index (χ4v) is 5.10. The summed E-state index contributed by atoms with van der Waals surface area (Å²) >= 11 is 14.5. The molecule has 1 aromatic rings. The molecule has 2 aliphatic rings. The average Bonchev–Trinajstić information content (AvgIpc) is 3.05. The van der Waals surface area contributed by atoms with E-state index in [1.165, 1.54) is 43.9 Å². The summed E-state index contributed by atoms with van der Waals surface area (Å²) in [5.41, 5.74) is 1.01. The number of rotatable bonds is 5. The molecule has 3 rings (SSSR count). The number of hydrogen-bond donors (Lipinski definition) is 0. The van der Waals surface area contributed by atoms with E-state index in [-0.39, 0.29) is 12.4 Å². The van der Waals surface area contributed by atoms with Gasteiger partial charge in [-0.2, -0.15) is 0 Å². The molecular weight excluding hydrogens is 373 g/mol. The molecule has 0 unspecified atom stereocenters. The van der Waals surface area contributed by atoms with Gasteiger partial charge in [0, 0.05) is 34.3 Å². The van der Waals surface area contributed by atoms with Crippen molar-refractivity contribution in [1.82, 2.24) is 4.90 Å². The van der Waals surface area contributed by atoms with Crippen LogP contribution in [0.1, 0.15) is 31.2 Å². The number of ether oxygens (including phenoxy) is 1. The molecule has 2 fully saturated rings. The van der Waals surface area contributed by atoms with Gasteiger partial charge in [0.25, 0.3) is 0 Å². The van der Waals surface area contributed by atoms with Crippen LogP contribution in [0, 0.1) is 0 Å². The topological polar surface area (TPSA) is 12.5 Å². The van der Waals surface area contributed by atoms with Crippen LogP contribution in [0.4, 0.5) is 0 Å². The molecule has 2 atom stereocenters. The first-order valence-corrected chi connectivity index (χ1v) is 10.0. The lowest BCUT2D eigenvalue weighted by atomic mass is 9.91. The van der Waals surface area contributed by atoms with Gasteiger partial charge in [-0.05, 0) is 37.0 Å². The molecule has 6 heteroatoms. The van der Waals surface area contributed by atoms with Crippen LogP contribution in [0.25, 0.3) is 0 Å². The van der Waals surface area contributed by atoms with Gasteiger partial charge in [-0.1, -0.05) is 42.1 Å². The summed E-state index contributed by atoms with van der Waals surface area (Å²) in [6, 6.07) is 6.28. The van der Waals surface area contributed by atoms with E-state index >= 15 is 0 Å². The summed E-state index contributed by atoms with van der Waals surface area (Å²) in [4.78, 5) is 2.61. The highest BCUT2D eigenvalue weighted by atomic mass is 35.5. The van der Waals surface area contributed by atoms with Crippen molar-refractivity contribution in [2.75, 3.05) is 24.8 Å². The van der Waals surface area contributed by atoms with Gasteiger partial charge in [-0.3, -0.25) is 4.90 Å². The van der Waals surface area contributed by atoms with E-state index < -0.39 is 0 Å². The number of thioether (sulfide) groups is 1. The van der Waals surface area contributed by atoms with Crippen molar-refractivity contribution in [2.45, 2.75) is 44.2 Å². The molecule has 0 N–H and O–H groups in total. The highest BCUT2D eigenvalue weighted by molar-refractivity contribution is 7.99. The van der Waals surface area contributed by atoms with Gasteiger partial charge in [0.1, 0.15) is 0 Å². The zero-order valence-electron chi connectivity index (χ0n) is 13.2. The molecule has 1 saturated carbocycles. The first-order valence-electron chi connectivity index (χ1n) is 8.12. The zero-order chi connectivity index (χ0) is 15.4. The minimum absolute atomic E-state index is 0. The van der Waals surface area contributed by atoms with E-state index in [0.29, 0.717) is 18.8 Å². The van der Waals surface area contributed by atoms with E-state index in [2.05, 4.69) is 4.90 Å². The van der Waals surface area contributed by atoms with Gasteiger partial charge < -0.3 is 4.74 Å². The lowest BCUT2D eigenvalue weighted by Crippen LogP contribution is -2.45. The van der Waals surface area contributed by atoms with E-state index in [1.54, 1.807) is 0 Å². The quantitative estimate of drug-likeness (QED) is 0.671. The molecule has 0 amide bonds. The monoisotopic (exact) mass is 395 g/mol. The van der Waals surface area contributed by atoms with E-state index in [9.17, 15) is 0 Å². The van der Waals surface area contributed by atoms with Crippen LogP contribution in [-0.4, -0.2) is 41.8 Å². The SMILES string of the molecule is Cl.Clc1cccc(Cl)c1CCO[C@@H]1CCCC[C@H]1N1CCSC1. The maximum Gasteiger partial charge on any atom is 0.0730 e. The third kappa shape index (κ3) is 5.17. The molecule has 0 spiro atoms. The van der Waals surface area contributed by atoms with Crippen LogP contribution in [-0.2, 0) is 11.2 Å². The average molecular weight is 397 g/mol. The van der Waals surface area contributed by atoms with Crippen LogP contribution < -0.4 is 0 Å². The molecule has 130 valence electrons. The minimum Gasteiger partial charge on any atom is -0.376 e. The summed E-state index contributed by atoms with van der Waals surface area (Å²) in [6.07, 6.45) is 6.24. The summed E-state index contributed by atoms with van der Waals surface area (Å²) in [5, 5.41) is 1.49. The van der Waals surface area contributed by atoms with Crippen LogP contribution in [0.15, 0.2) is 18.2 Å². The standard InChI is InChI=1S/C17H23Cl2NOS.ClH/c18-14-4-3-5-15(19)13(14)8-10-21-17-7-2-1-6-16(17)20-9-11-22-12-20;/h3-5,16-17H,1-2,6-12H2;1H/t16-,17-;/m1./s1. The molecule has 0 bridgehead atoms. The van der Waals surface area contributed by atoms with Gasteiger partial charge in [0.05, 0.1) is 12.7 Å². The van der Waals surface area contributed by atoms with Gasteiger partial charge in [0.15, 0.2) is 0 Å². The maximum atomic E-state index is 6.25. The fourth-order valence-electron chi connectivity index (χ4n) is 3.46. The predicted octanol–water partition coefficient (Wildman–Crippen LogP) is 5.29. The van der Waals surface area contributed by atoms with Crippen molar-refractivity contribution >= 4 is 47.4 Å². The van der Waals surface area contributed by atoms with Crippen molar-refractivity contribution < 1.29 is 4.74 Å². The highest BCUT2D eigenvalue weighted by Crippen LogP contribution is 2.30. The molecular formula is C17H24Cl3NOS. The van der Waals surface area contributed by atoms with Gasteiger partial charge in [0.2, 0.25) is 0 Å². The Kier molecular flexibility index (Phi) is 8.34. The zero-order valence-corrected chi connectivity index (χ0v) is 16.3. The Morgan fingerprint density at radius 1 is 1.17 bits per heavy atom. The summed E-state index contributed by atoms with van der Waals surface area (Å²) in [5.74, 6) is 2.43. The lowest BCUT2D eigenvalue weighted by molar-refractivity contribution is -0.0270. The minimum atomic E-state index is 0. The smallest absolute Gasteiger partial charge is 0.0730 e. The first kappa shape index (κ1) is 19.7. The predicted molar refractivity (Wildman–Crippen MR) is 103 cm³/mol. The second kappa shape index (κ2) is 9.74. The van der Waals surface area contributed by atoms with Crippen LogP contribution in [0.3, 0.4) is 0 Å². The van der Waals surface area contributed by atoms with E-state index in [4.69, 9.17) is 27.9 Å². The maximum absolute atomic E-state index is 6.25. The molecule has 1 saturated heterocycles. The Balaban J connectivity index is 0.00000192. The fraction of sp³-hybridized carbons (Fsp3) is 0.647. The van der Waals surface area contributed by atoms with Gasteiger partial charge >= 0.3 is 0 Å². The van der Waals surface area contributed by atoms with Gasteiger partial charge in [-0.25, -0.2) is 0 Å². The Labute approximate surface area is 159 Å². The molecule has 1 heterocycles. The molecule has 0 aromatic heterocycles. The lowest BCUT2D eigenvalue weighted by Gasteiger charge is -2.37. The first-order chi connectivity index (χ1) is 10.8. The molecule has 23 heavy (non-hydrogen) atoms. The normalized spacial score (nSPS) is 25.3. The molecule has 2 nitrogen and oxygen atoms in total. The van der Waals surface area contributed by atoms with Crippen molar-refractivity contribution in [3.05, 3.63) is 33.8 Å². The van der Waals surface area contributed by atoms with Crippen molar-refractivity contribution in [2.24, 2.45) is 0 Å². The number of halogens is 3. The Morgan fingerprint density at radius 2 is 1.91 bits per heavy atom. The largest absolute Gasteiger partial charge is 0.376 e. The molecule has 0 radical (unpaired) electrons. The van der Waals surface area contributed by atoms with Gasteiger partial charge in [-0.15, -0.1) is 24.2 Å².